The molecule has 2 nitrogen and oxygen atoms in total. The van der Waals surface area contributed by atoms with Crippen LogP contribution in [-0.4, -0.2) is 18.8 Å². The maximum atomic E-state index is 13.3. The van der Waals surface area contributed by atoms with E-state index in [4.69, 9.17) is 5.11 Å². The van der Waals surface area contributed by atoms with Crippen LogP contribution >= 0.6 is 0 Å². The molecule has 1 aromatic carbocycles. The van der Waals surface area contributed by atoms with Crippen LogP contribution in [0.2, 0.25) is 0 Å². The smallest absolute Gasteiger partial charge is 0.163 e. The van der Waals surface area contributed by atoms with Crippen LogP contribution in [-0.2, 0) is 5.54 Å². The highest BCUT2D eigenvalue weighted by molar-refractivity contribution is 5.26. The Kier molecular flexibility index (Phi) is 3.18. The second-order valence-electron chi connectivity index (χ2n) is 3.34. The Morgan fingerprint density at radius 2 is 2.07 bits per heavy atom. The molecule has 0 heterocycles. The molecule has 0 aliphatic carbocycles. The standard InChI is InChI=1S/C10H13F2NO/c1-10(6-14,13-2)7-4-3-5-8(11)9(7)12/h3-5,13-14H,6H2,1-2H3. The van der Waals surface area contributed by atoms with E-state index in [1.807, 2.05) is 0 Å². The summed E-state index contributed by atoms with van der Waals surface area (Å²) in [5.74, 6) is -1.82. The van der Waals surface area contributed by atoms with E-state index >= 15 is 0 Å². The third kappa shape index (κ3) is 1.76. The summed E-state index contributed by atoms with van der Waals surface area (Å²) < 4.78 is 26.2. The number of hydrogen-bond donors (Lipinski definition) is 2. The summed E-state index contributed by atoms with van der Waals surface area (Å²) in [5.41, 5.74) is -0.825. The maximum Gasteiger partial charge on any atom is 0.163 e. The fraction of sp³-hybridized carbons (Fsp3) is 0.400. The highest BCUT2D eigenvalue weighted by Crippen LogP contribution is 2.24. The number of benzene rings is 1. The third-order valence-corrected chi connectivity index (χ3v) is 2.41. The van der Waals surface area contributed by atoms with Crippen molar-refractivity contribution in [1.29, 1.82) is 0 Å². The molecule has 0 aliphatic heterocycles. The highest BCUT2D eigenvalue weighted by atomic mass is 19.2. The molecule has 4 heteroatoms. The topological polar surface area (TPSA) is 32.3 Å². The van der Waals surface area contributed by atoms with Crippen LogP contribution in [0.5, 0.6) is 0 Å². The molecule has 1 rings (SSSR count). The molecule has 78 valence electrons. The maximum absolute atomic E-state index is 13.3. The Labute approximate surface area is 81.6 Å². The molecule has 1 aromatic rings. The monoisotopic (exact) mass is 201 g/mol. The minimum atomic E-state index is -0.952. The van der Waals surface area contributed by atoms with Crippen LogP contribution in [0.25, 0.3) is 0 Å². The molecule has 14 heavy (non-hydrogen) atoms. The largest absolute Gasteiger partial charge is 0.394 e. The first-order valence-electron chi connectivity index (χ1n) is 4.29. The minimum Gasteiger partial charge on any atom is -0.394 e. The second-order valence-corrected chi connectivity index (χ2v) is 3.34. The molecule has 1 unspecified atom stereocenters. The molecule has 2 N–H and O–H groups in total. The van der Waals surface area contributed by atoms with Crippen molar-refractivity contribution in [2.24, 2.45) is 0 Å². The molecular weight excluding hydrogens is 188 g/mol. The predicted octanol–water partition coefficient (Wildman–Crippen LogP) is 1.39. The van der Waals surface area contributed by atoms with Crippen molar-refractivity contribution < 1.29 is 13.9 Å². The van der Waals surface area contributed by atoms with Gasteiger partial charge in [0.15, 0.2) is 11.6 Å². The number of aliphatic hydroxyl groups is 1. The van der Waals surface area contributed by atoms with Crippen LogP contribution < -0.4 is 5.32 Å². The zero-order valence-corrected chi connectivity index (χ0v) is 8.14. The second kappa shape index (κ2) is 4.02. The minimum absolute atomic E-state index is 0.127. The van der Waals surface area contributed by atoms with Gasteiger partial charge in [-0.3, -0.25) is 0 Å². The van der Waals surface area contributed by atoms with Gasteiger partial charge in [0.25, 0.3) is 0 Å². The summed E-state index contributed by atoms with van der Waals surface area (Å²) in [5, 5.41) is 11.9. The summed E-state index contributed by atoms with van der Waals surface area (Å²) >= 11 is 0. The van der Waals surface area contributed by atoms with Gasteiger partial charge in [0.2, 0.25) is 0 Å². The molecule has 0 saturated heterocycles. The number of halogens is 2. The molecule has 0 radical (unpaired) electrons. The quantitative estimate of drug-likeness (QED) is 0.774. The average molecular weight is 201 g/mol. The summed E-state index contributed by atoms with van der Waals surface area (Å²) in [6, 6.07) is 3.91. The van der Waals surface area contributed by atoms with Crippen LogP contribution in [0.1, 0.15) is 12.5 Å². The van der Waals surface area contributed by atoms with Crippen molar-refractivity contribution in [3.8, 4) is 0 Å². The van der Waals surface area contributed by atoms with Gasteiger partial charge in [-0.05, 0) is 20.0 Å². The molecule has 0 aliphatic rings. The number of nitrogens with one attached hydrogen (secondary N) is 1. The van der Waals surface area contributed by atoms with E-state index in [9.17, 15) is 8.78 Å². The van der Waals surface area contributed by atoms with Crippen LogP contribution in [0.3, 0.4) is 0 Å². The Hall–Kier alpha value is -1.00. The summed E-state index contributed by atoms with van der Waals surface area (Å²) in [4.78, 5) is 0. The van der Waals surface area contributed by atoms with Gasteiger partial charge in [0, 0.05) is 5.56 Å². The van der Waals surface area contributed by atoms with Crippen molar-refractivity contribution in [2.45, 2.75) is 12.5 Å². The van der Waals surface area contributed by atoms with Crippen LogP contribution in [0.4, 0.5) is 8.78 Å². The van der Waals surface area contributed by atoms with Crippen LogP contribution in [0, 0.1) is 11.6 Å². The molecule has 1 atom stereocenters. The van der Waals surface area contributed by atoms with Gasteiger partial charge in [-0.25, -0.2) is 8.78 Å². The fourth-order valence-corrected chi connectivity index (χ4v) is 1.23. The summed E-state index contributed by atoms with van der Waals surface area (Å²) in [6.07, 6.45) is 0. The molecule has 0 aromatic heterocycles. The Morgan fingerprint density at radius 3 is 2.57 bits per heavy atom. The van der Waals surface area contributed by atoms with Gasteiger partial charge in [0.1, 0.15) is 0 Å². The molecule has 0 saturated carbocycles. The van der Waals surface area contributed by atoms with E-state index in [1.54, 1.807) is 14.0 Å². The lowest BCUT2D eigenvalue weighted by atomic mass is 9.92. The normalized spacial score (nSPS) is 15.2. The van der Waals surface area contributed by atoms with E-state index in [-0.39, 0.29) is 12.2 Å². The molecule has 0 fully saturated rings. The lowest BCUT2D eigenvalue weighted by Crippen LogP contribution is -2.41. The fourth-order valence-electron chi connectivity index (χ4n) is 1.23. The van der Waals surface area contributed by atoms with Crippen molar-refractivity contribution in [3.63, 3.8) is 0 Å². The number of aliphatic hydroxyl groups excluding tert-OH is 1. The Bertz CT molecular complexity index is 324. The van der Waals surface area contributed by atoms with E-state index in [1.165, 1.54) is 12.1 Å². The van der Waals surface area contributed by atoms with Crippen molar-refractivity contribution >= 4 is 0 Å². The van der Waals surface area contributed by atoms with Gasteiger partial charge in [-0.15, -0.1) is 0 Å². The van der Waals surface area contributed by atoms with Gasteiger partial charge in [0.05, 0.1) is 12.1 Å². The van der Waals surface area contributed by atoms with Gasteiger partial charge in [-0.1, -0.05) is 12.1 Å². The highest BCUT2D eigenvalue weighted by Gasteiger charge is 2.27. The number of rotatable bonds is 3. The zero-order chi connectivity index (χ0) is 10.8. The van der Waals surface area contributed by atoms with Gasteiger partial charge in [-0.2, -0.15) is 0 Å². The predicted molar refractivity (Wildman–Crippen MR) is 49.9 cm³/mol. The van der Waals surface area contributed by atoms with E-state index < -0.39 is 17.2 Å². The first-order valence-corrected chi connectivity index (χ1v) is 4.29. The molecule has 0 spiro atoms. The van der Waals surface area contributed by atoms with Crippen molar-refractivity contribution in [1.82, 2.24) is 5.32 Å². The first-order chi connectivity index (χ1) is 6.55. The van der Waals surface area contributed by atoms with Crippen LogP contribution in [0.15, 0.2) is 18.2 Å². The summed E-state index contributed by atoms with van der Waals surface area (Å²) in [6.45, 7) is 1.30. The van der Waals surface area contributed by atoms with Gasteiger partial charge < -0.3 is 10.4 Å². The summed E-state index contributed by atoms with van der Waals surface area (Å²) in [7, 11) is 1.58. The van der Waals surface area contributed by atoms with Crippen molar-refractivity contribution in [3.05, 3.63) is 35.4 Å². The van der Waals surface area contributed by atoms with E-state index in [0.717, 1.165) is 6.07 Å². The van der Waals surface area contributed by atoms with E-state index in [2.05, 4.69) is 5.32 Å². The Balaban J connectivity index is 3.24. The lowest BCUT2D eigenvalue weighted by molar-refractivity contribution is 0.179. The zero-order valence-electron chi connectivity index (χ0n) is 8.14. The molecule has 0 amide bonds. The van der Waals surface area contributed by atoms with Gasteiger partial charge >= 0.3 is 0 Å². The van der Waals surface area contributed by atoms with Crippen molar-refractivity contribution in [2.75, 3.05) is 13.7 Å². The lowest BCUT2D eigenvalue weighted by Gasteiger charge is -2.27. The number of hydrogen-bond acceptors (Lipinski definition) is 2. The average Bonchev–Trinajstić information content (AvgIpc) is 2.21. The molecular formula is C10H13F2NO. The third-order valence-electron chi connectivity index (χ3n) is 2.41. The number of likely N-dealkylation sites (N-methyl/N-ethyl adjacent to an activating group) is 1. The van der Waals surface area contributed by atoms with E-state index in [0.29, 0.717) is 0 Å². The molecule has 0 bridgehead atoms. The first kappa shape index (κ1) is 11.1. The SMILES string of the molecule is CNC(C)(CO)c1cccc(F)c1F. The Morgan fingerprint density at radius 1 is 1.43 bits per heavy atom.